The van der Waals surface area contributed by atoms with E-state index in [1.165, 1.54) is 6.92 Å². The fourth-order valence-corrected chi connectivity index (χ4v) is 1.43. The van der Waals surface area contributed by atoms with Gasteiger partial charge in [0.05, 0.1) is 5.69 Å². The molecule has 0 unspecified atom stereocenters. The summed E-state index contributed by atoms with van der Waals surface area (Å²) in [6.07, 6.45) is 0.764. The highest BCUT2D eigenvalue weighted by molar-refractivity contribution is 5.96. The van der Waals surface area contributed by atoms with Crippen LogP contribution in [0.3, 0.4) is 0 Å². The molecular weight excluding hydrogens is 178 g/mol. The monoisotopic (exact) mass is 191 g/mol. The van der Waals surface area contributed by atoms with E-state index in [2.05, 4.69) is 5.32 Å². The zero-order valence-corrected chi connectivity index (χ0v) is 8.55. The Morgan fingerprint density at radius 1 is 1.36 bits per heavy atom. The predicted molar refractivity (Wildman–Crippen MR) is 55.6 cm³/mol. The zero-order chi connectivity index (χ0) is 10.7. The van der Waals surface area contributed by atoms with Gasteiger partial charge < -0.3 is 5.32 Å². The molecule has 1 rings (SSSR count). The number of nitrogens with one attached hydrogen (secondary N) is 1. The maximum absolute atomic E-state index is 10.9. The van der Waals surface area contributed by atoms with E-state index in [4.69, 9.17) is 0 Å². The zero-order valence-electron chi connectivity index (χ0n) is 8.55. The van der Waals surface area contributed by atoms with Gasteiger partial charge in [-0.1, -0.05) is 6.07 Å². The molecule has 1 aromatic carbocycles. The summed E-state index contributed by atoms with van der Waals surface area (Å²) in [6, 6.07) is 3.70. The van der Waals surface area contributed by atoms with Crippen LogP contribution in [0, 0.1) is 13.8 Å². The molecule has 0 aliphatic carbocycles. The number of carbonyl (C=O) groups is 2. The Balaban J connectivity index is 3.24. The Kier molecular flexibility index (Phi) is 3.02. The van der Waals surface area contributed by atoms with Crippen molar-refractivity contribution in [1.29, 1.82) is 0 Å². The van der Waals surface area contributed by atoms with Gasteiger partial charge >= 0.3 is 0 Å². The number of amides is 1. The van der Waals surface area contributed by atoms with E-state index >= 15 is 0 Å². The molecule has 3 heteroatoms. The Bertz CT molecular complexity index is 383. The first-order valence-electron chi connectivity index (χ1n) is 4.38. The van der Waals surface area contributed by atoms with Gasteiger partial charge in [-0.3, -0.25) is 9.59 Å². The minimum Gasteiger partial charge on any atom is -0.326 e. The van der Waals surface area contributed by atoms with E-state index in [1.54, 1.807) is 6.07 Å². The van der Waals surface area contributed by atoms with Crippen LogP contribution < -0.4 is 5.32 Å². The minimum absolute atomic E-state index is 0.168. The quantitative estimate of drug-likeness (QED) is 0.727. The molecule has 0 heterocycles. The van der Waals surface area contributed by atoms with Crippen molar-refractivity contribution in [2.75, 3.05) is 5.32 Å². The van der Waals surface area contributed by atoms with Gasteiger partial charge in [0.1, 0.15) is 0 Å². The summed E-state index contributed by atoms with van der Waals surface area (Å²) < 4.78 is 0. The van der Waals surface area contributed by atoms with Crippen molar-refractivity contribution in [1.82, 2.24) is 0 Å². The normalized spacial score (nSPS) is 9.64. The fourth-order valence-electron chi connectivity index (χ4n) is 1.43. The SMILES string of the molecule is CC(=O)Nc1cc(C)cc(C)c1C=O. The number of hydrogen-bond donors (Lipinski definition) is 1. The number of carbonyl (C=O) groups excluding carboxylic acids is 2. The average molecular weight is 191 g/mol. The lowest BCUT2D eigenvalue weighted by Crippen LogP contribution is -2.09. The second-order valence-corrected chi connectivity index (χ2v) is 3.34. The Morgan fingerprint density at radius 3 is 2.50 bits per heavy atom. The van der Waals surface area contributed by atoms with Crippen LogP contribution >= 0.6 is 0 Å². The molecule has 1 aromatic rings. The van der Waals surface area contributed by atoms with E-state index < -0.39 is 0 Å². The maximum Gasteiger partial charge on any atom is 0.221 e. The third kappa shape index (κ3) is 2.19. The number of benzene rings is 1. The van der Waals surface area contributed by atoms with E-state index in [1.807, 2.05) is 19.9 Å². The van der Waals surface area contributed by atoms with Crippen LogP contribution in [0.5, 0.6) is 0 Å². The first-order chi connectivity index (χ1) is 6.54. The lowest BCUT2D eigenvalue weighted by Gasteiger charge is -2.09. The van der Waals surface area contributed by atoms with Gasteiger partial charge in [0.15, 0.2) is 6.29 Å². The number of rotatable bonds is 2. The standard InChI is InChI=1S/C11H13NO2/c1-7-4-8(2)10(6-13)11(5-7)12-9(3)14/h4-6H,1-3H3,(H,12,14). The topological polar surface area (TPSA) is 46.2 Å². The van der Waals surface area contributed by atoms with Crippen LogP contribution in [0.15, 0.2) is 12.1 Å². The van der Waals surface area contributed by atoms with Gasteiger partial charge in [0.25, 0.3) is 0 Å². The van der Waals surface area contributed by atoms with E-state index in [-0.39, 0.29) is 5.91 Å². The van der Waals surface area contributed by atoms with Crippen LogP contribution in [0.25, 0.3) is 0 Å². The number of aryl methyl sites for hydroxylation is 2. The van der Waals surface area contributed by atoms with Gasteiger partial charge in [0, 0.05) is 12.5 Å². The van der Waals surface area contributed by atoms with Gasteiger partial charge in [-0.25, -0.2) is 0 Å². The summed E-state index contributed by atoms with van der Waals surface area (Å²) in [6.45, 7) is 5.20. The smallest absolute Gasteiger partial charge is 0.221 e. The molecule has 0 aliphatic rings. The summed E-state index contributed by atoms with van der Waals surface area (Å²) in [7, 11) is 0. The summed E-state index contributed by atoms with van der Waals surface area (Å²) in [4.78, 5) is 21.7. The molecule has 0 spiro atoms. The van der Waals surface area contributed by atoms with Crippen molar-refractivity contribution in [2.45, 2.75) is 20.8 Å². The van der Waals surface area contributed by atoms with Crippen LogP contribution in [-0.2, 0) is 4.79 Å². The average Bonchev–Trinajstić information content (AvgIpc) is 2.01. The van der Waals surface area contributed by atoms with Gasteiger partial charge in [-0.05, 0) is 31.0 Å². The second-order valence-electron chi connectivity index (χ2n) is 3.34. The van der Waals surface area contributed by atoms with E-state index in [0.29, 0.717) is 11.3 Å². The van der Waals surface area contributed by atoms with Crippen molar-refractivity contribution >= 4 is 17.9 Å². The van der Waals surface area contributed by atoms with Crippen molar-refractivity contribution < 1.29 is 9.59 Å². The molecule has 1 amide bonds. The van der Waals surface area contributed by atoms with E-state index in [9.17, 15) is 9.59 Å². The largest absolute Gasteiger partial charge is 0.326 e. The molecule has 0 bridgehead atoms. The van der Waals surface area contributed by atoms with Crippen molar-refractivity contribution in [3.63, 3.8) is 0 Å². The molecular formula is C11H13NO2. The highest BCUT2D eigenvalue weighted by Crippen LogP contribution is 2.20. The third-order valence-corrected chi connectivity index (χ3v) is 1.96. The highest BCUT2D eigenvalue weighted by Gasteiger charge is 2.06. The van der Waals surface area contributed by atoms with Crippen LogP contribution in [0.2, 0.25) is 0 Å². The Hall–Kier alpha value is -1.64. The minimum atomic E-state index is -0.168. The van der Waals surface area contributed by atoms with Crippen LogP contribution in [-0.4, -0.2) is 12.2 Å². The molecule has 0 aliphatic heterocycles. The van der Waals surface area contributed by atoms with Crippen molar-refractivity contribution in [3.05, 3.63) is 28.8 Å². The van der Waals surface area contributed by atoms with Crippen molar-refractivity contribution in [3.8, 4) is 0 Å². The molecule has 1 N–H and O–H groups in total. The molecule has 0 saturated heterocycles. The molecule has 0 radical (unpaired) electrons. The molecule has 0 aromatic heterocycles. The lowest BCUT2D eigenvalue weighted by atomic mass is 10.0. The van der Waals surface area contributed by atoms with E-state index in [0.717, 1.165) is 17.4 Å². The molecule has 0 atom stereocenters. The molecule has 14 heavy (non-hydrogen) atoms. The molecule has 3 nitrogen and oxygen atoms in total. The number of aldehydes is 1. The number of anilines is 1. The third-order valence-electron chi connectivity index (χ3n) is 1.96. The predicted octanol–water partition coefficient (Wildman–Crippen LogP) is 2.07. The van der Waals surface area contributed by atoms with Gasteiger partial charge in [0.2, 0.25) is 5.91 Å². The fraction of sp³-hybridized carbons (Fsp3) is 0.273. The number of hydrogen-bond acceptors (Lipinski definition) is 2. The molecule has 74 valence electrons. The Morgan fingerprint density at radius 2 is 2.00 bits per heavy atom. The molecule has 0 saturated carbocycles. The summed E-state index contributed by atoms with van der Waals surface area (Å²) in [5.74, 6) is -0.168. The van der Waals surface area contributed by atoms with Gasteiger partial charge in [-0.15, -0.1) is 0 Å². The summed E-state index contributed by atoms with van der Waals surface area (Å²) >= 11 is 0. The lowest BCUT2D eigenvalue weighted by molar-refractivity contribution is -0.114. The van der Waals surface area contributed by atoms with Crippen LogP contribution in [0.1, 0.15) is 28.4 Å². The van der Waals surface area contributed by atoms with Gasteiger partial charge in [-0.2, -0.15) is 0 Å². The second kappa shape index (κ2) is 4.05. The first-order valence-corrected chi connectivity index (χ1v) is 4.38. The van der Waals surface area contributed by atoms with Crippen LogP contribution in [0.4, 0.5) is 5.69 Å². The first kappa shape index (κ1) is 10.4. The highest BCUT2D eigenvalue weighted by atomic mass is 16.1. The maximum atomic E-state index is 10.9. The Labute approximate surface area is 83.1 Å². The van der Waals surface area contributed by atoms with Crippen molar-refractivity contribution in [2.24, 2.45) is 0 Å². The molecule has 0 fully saturated rings. The summed E-state index contributed by atoms with van der Waals surface area (Å²) in [5, 5.41) is 2.64. The summed E-state index contributed by atoms with van der Waals surface area (Å²) in [5.41, 5.74) is 3.04.